The topological polar surface area (TPSA) is 82.5 Å². The van der Waals surface area contributed by atoms with Crippen molar-refractivity contribution in [2.45, 2.75) is 27.4 Å². The van der Waals surface area contributed by atoms with Crippen LogP contribution >= 0.6 is 15.9 Å². The maximum atomic E-state index is 5.54. The van der Waals surface area contributed by atoms with Gasteiger partial charge >= 0.3 is 0 Å². The van der Waals surface area contributed by atoms with Gasteiger partial charge in [0.25, 0.3) is 0 Å². The minimum Gasteiger partial charge on any atom is -0.387 e. The number of hydrogen-bond donors (Lipinski definition) is 0. The summed E-state index contributed by atoms with van der Waals surface area (Å²) in [5.41, 5.74) is 6.49. The highest BCUT2D eigenvalue weighted by molar-refractivity contribution is 9.10. The van der Waals surface area contributed by atoms with Crippen LogP contribution in [0.1, 0.15) is 29.6 Å². The van der Waals surface area contributed by atoms with Crippen molar-refractivity contribution in [3.63, 3.8) is 0 Å². The highest BCUT2D eigenvalue weighted by Gasteiger charge is 2.19. The molecule has 0 bridgehead atoms. The van der Waals surface area contributed by atoms with Crippen LogP contribution in [0.5, 0.6) is 0 Å². The fraction of sp³-hybridized carbons (Fsp3) is 0.174. The van der Waals surface area contributed by atoms with E-state index >= 15 is 0 Å². The molecule has 4 aromatic heterocycles. The molecular formula is C23H20BrN7O. The van der Waals surface area contributed by atoms with Gasteiger partial charge in [0, 0.05) is 16.4 Å². The summed E-state index contributed by atoms with van der Waals surface area (Å²) in [6.07, 6.45) is 5.26. The van der Waals surface area contributed by atoms with E-state index in [4.69, 9.17) is 9.82 Å². The fourth-order valence-electron chi connectivity index (χ4n) is 3.70. The number of oxime groups is 1. The Labute approximate surface area is 192 Å². The van der Waals surface area contributed by atoms with E-state index < -0.39 is 0 Å². The van der Waals surface area contributed by atoms with E-state index in [1.165, 1.54) is 0 Å². The van der Waals surface area contributed by atoms with Gasteiger partial charge in [0.1, 0.15) is 6.33 Å². The fourth-order valence-corrected chi connectivity index (χ4v) is 3.96. The molecule has 0 saturated heterocycles. The number of nitrogens with zero attached hydrogens (tertiary/aromatic N) is 7. The van der Waals surface area contributed by atoms with E-state index in [1.54, 1.807) is 17.0 Å². The van der Waals surface area contributed by atoms with Gasteiger partial charge in [-0.2, -0.15) is 0 Å². The molecule has 0 aliphatic heterocycles. The summed E-state index contributed by atoms with van der Waals surface area (Å²) in [7, 11) is 0. The van der Waals surface area contributed by atoms with Gasteiger partial charge in [0.05, 0.1) is 23.0 Å². The van der Waals surface area contributed by atoms with Gasteiger partial charge in [0.2, 0.25) is 0 Å². The molecule has 0 fully saturated rings. The summed E-state index contributed by atoms with van der Waals surface area (Å²) in [5.74, 6) is 0.540. The van der Waals surface area contributed by atoms with E-state index in [0.29, 0.717) is 5.82 Å². The molecule has 0 radical (unpaired) electrons. The van der Waals surface area contributed by atoms with Gasteiger partial charge < -0.3 is 4.84 Å². The zero-order chi connectivity index (χ0) is 22.2. The van der Waals surface area contributed by atoms with Crippen molar-refractivity contribution in [2.75, 3.05) is 0 Å². The predicted molar refractivity (Wildman–Crippen MR) is 126 cm³/mol. The van der Waals surface area contributed by atoms with Crippen molar-refractivity contribution < 1.29 is 4.84 Å². The van der Waals surface area contributed by atoms with Crippen LogP contribution in [0.25, 0.3) is 22.4 Å². The van der Waals surface area contributed by atoms with Crippen molar-refractivity contribution in [3.05, 3.63) is 82.2 Å². The van der Waals surface area contributed by atoms with Crippen LogP contribution in [0.15, 0.2) is 64.7 Å². The molecule has 0 atom stereocenters. The number of rotatable bonds is 5. The standard InChI is InChI=1S/C23H20BrN7O/c1-14-16(3)31(19-5-4-10-25-11-19)22-21(14)23-27-20(28-30(23)13-26-22)12-32-29-15(2)17-6-8-18(24)9-7-17/h4-11,13H,12H2,1-3H3. The SMILES string of the molecule is CC(=NOCc1nc2c3c(C)c(C)n(-c4cccnc4)c3ncn2n1)c1ccc(Br)cc1. The number of aromatic nitrogens is 6. The first-order chi connectivity index (χ1) is 15.5. The van der Waals surface area contributed by atoms with Crippen molar-refractivity contribution in [3.8, 4) is 5.69 Å². The molecule has 0 aliphatic rings. The zero-order valence-corrected chi connectivity index (χ0v) is 19.4. The second kappa shape index (κ2) is 8.16. The Hall–Kier alpha value is -3.59. The molecule has 0 unspecified atom stereocenters. The highest BCUT2D eigenvalue weighted by Crippen LogP contribution is 2.29. The van der Waals surface area contributed by atoms with Gasteiger partial charge in [-0.05, 0) is 56.2 Å². The van der Waals surface area contributed by atoms with Crippen LogP contribution in [-0.4, -0.2) is 34.8 Å². The molecule has 0 amide bonds. The molecule has 32 heavy (non-hydrogen) atoms. The van der Waals surface area contributed by atoms with Crippen molar-refractivity contribution >= 4 is 38.3 Å². The highest BCUT2D eigenvalue weighted by atomic mass is 79.9. The largest absolute Gasteiger partial charge is 0.387 e. The Morgan fingerprint density at radius 3 is 2.69 bits per heavy atom. The molecular weight excluding hydrogens is 470 g/mol. The summed E-state index contributed by atoms with van der Waals surface area (Å²) >= 11 is 3.44. The minimum absolute atomic E-state index is 0.165. The summed E-state index contributed by atoms with van der Waals surface area (Å²) in [5, 5.41) is 9.69. The van der Waals surface area contributed by atoms with E-state index in [1.807, 2.05) is 49.5 Å². The summed E-state index contributed by atoms with van der Waals surface area (Å²) in [6.45, 7) is 6.21. The smallest absolute Gasteiger partial charge is 0.192 e. The van der Waals surface area contributed by atoms with Crippen LogP contribution in [0.4, 0.5) is 0 Å². The summed E-state index contributed by atoms with van der Waals surface area (Å²) < 4.78 is 4.80. The first kappa shape index (κ1) is 20.3. The molecule has 0 saturated carbocycles. The minimum atomic E-state index is 0.165. The molecule has 5 aromatic rings. The van der Waals surface area contributed by atoms with Gasteiger partial charge in [-0.3, -0.25) is 9.55 Å². The number of benzene rings is 1. The molecule has 0 aliphatic carbocycles. The molecule has 8 nitrogen and oxygen atoms in total. The predicted octanol–water partition coefficient (Wildman–Crippen LogP) is 4.78. The first-order valence-electron chi connectivity index (χ1n) is 10.1. The monoisotopic (exact) mass is 489 g/mol. The van der Waals surface area contributed by atoms with Crippen molar-refractivity contribution in [1.82, 2.24) is 29.1 Å². The van der Waals surface area contributed by atoms with Crippen LogP contribution in [0.2, 0.25) is 0 Å². The molecule has 1 aromatic carbocycles. The molecule has 5 rings (SSSR count). The van der Waals surface area contributed by atoms with Gasteiger partial charge in [-0.1, -0.05) is 33.2 Å². The third-order valence-electron chi connectivity index (χ3n) is 5.44. The number of halogens is 1. The van der Waals surface area contributed by atoms with E-state index in [9.17, 15) is 0 Å². The number of fused-ring (bicyclic) bond motifs is 3. The Kier molecular flexibility index (Phi) is 5.18. The molecule has 4 heterocycles. The molecule has 160 valence electrons. The zero-order valence-electron chi connectivity index (χ0n) is 17.8. The molecule has 0 N–H and O–H groups in total. The maximum absolute atomic E-state index is 5.54. The van der Waals surface area contributed by atoms with Crippen LogP contribution < -0.4 is 0 Å². The second-order valence-electron chi connectivity index (χ2n) is 7.45. The van der Waals surface area contributed by atoms with Gasteiger partial charge in [0.15, 0.2) is 23.7 Å². The van der Waals surface area contributed by atoms with Crippen molar-refractivity contribution in [2.24, 2.45) is 5.16 Å². The Balaban J connectivity index is 1.47. The van der Waals surface area contributed by atoms with Crippen LogP contribution in [-0.2, 0) is 11.4 Å². The Morgan fingerprint density at radius 1 is 1.12 bits per heavy atom. The Bertz CT molecular complexity index is 1450. The lowest BCUT2D eigenvalue weighted by atomic mass is 10.1. The average Bonchev–Trinajstić information content (AvgIpc) is 3.33. The van der Waals surface area contributed by atoms with Gasteiger partial charge in [-0.15, -0.1) is 5.10 Å². The van der Waals surface area contributed by atoms with E-state index in [0.717, 1.165) is 49.4 Å². The number of hydrogen-bond acceptors (Lipinski definition) is 6. The number of pyridine rings is 1. The third-order valence-corrected chi connectivity index (χ3v) is 5.97. The quantitative estimate of drug-likeness (QED) is 0.262. The van der Waals surface area contributed by atoms with E-state index in [2.05, 4.69) is 54.6 Å². The lowest BCUT2D eigenvalue weighted by molar-refractivity contribution is 0.125. The summed E-state index contributed by atoms with van der Waals surface area (Å²) in [6, 6.07) is 11.8. The lowest BCUT2D eigenvalue weighted by Crippen LogP contribution is -1.99. The second-order valence-corrected chi connectivity index (χ2v) is 8.37. The molecule has 0 spiro atoms. The van der Waals surface area contributed by atoms with Gasteiger partial charge in [-0.25, -0.2) is 14.5 Å². The first-order valence-corrected chi connectivity index (χ1v) is 10.9. The lowest BCUT2D eigenvalue weighted by Gasteiger charge is -2.06. The van der Waals surface area contributed by atoms with Crippen LogP contribution in [0.3, 0.4) is 0 Å². The number of aryl methyl sites for hydroxylation is 1. The normalized spacial score (nSPS) is 12.1. The van der Waals surface area contributed by atoms with E-state index in [-0.39, 0.29) is 6.61 Å². The average molecular weight is 490 g/mol. The van der Waals surface area contributed by atoms with Crippen molar-refractivity contribution in [1.29, 1.82) is 0 Å². The third kappa shape index (κ3) is 3.54. The maximum Gasteiger partial charge on any atom is 0.192 e. The summed E-state index contributed by atoms with van der Waals surface area (Å²) in [4.78, 5) is 19.2. The Morgan fingerprint density at radius 2 is 1.94 bits per heavy atom. The molecule has 9 heteroatoms. The van der Waals surface area contributed by atoms with Crippen LogP contribution in [0, 0.1) is 13.8 Å².